The summed E-state index contributed by atoms with van der Waals surface area (Å²) in [7, 11) is 0. The predicted octanol–water partition coefficient (Wildman–Crippen LogP) is 4.06. The Morgan fingerprint density at radius 1 is 1.16 bits per heavy atom. The number of urea groups is 1. The number of amides is 2. The maximum atomic E-state index is 11.8. The maximum absolute atomic E-state index is 11.8. The van der Waals surface area contributed by atoms with Gasteiger partial charge in [0.25, 0.3) is 0 Å². The summed E-state index contributed by atoms with van der Waals surface area (Å²) in [5, 5.41) is 14.2. The Balaban J connectivity index is 1.75. The molecule has 5 heteroatoms. The van der Waals surface area contributed by atoms with Gasteiger partial charge >= 0.3 is 6.03 Å². The fourth-order valence-corrected chi connectivity index (χ4v) is 2.19. The van der Waals surface area contributed by atoms with E-state index in [1.807, 2.05) is 24.3 Å². The summed E-state index contributed by atoms with van der Waals surface area (Å²) >= 11 is 0. The molecule has 0 spiro atoms. The van der Waals surface area contributed by atoms with Crippen LogP contribution < -0.4 is 15.4 Å². The third-order valence-electron chi connectivity index (χ3n) is 3.63. The highest BCUT2D eigenvalue weighted by Gasteiger charge is 2.13. The van der Waals surface area contributed by atoms with Crippen molar-refractivity contribution in [3.63, 3.8) is 0 Å². The Morgan fingerprint density at radius 2 is 1.88 bits per heavy atom. The molecular weight excluding hydrogens is 314 g/mol. The zero-order chi connectivity index (χ0) is 18.3. The average Bonchev–Trinajstić information content (AvgIpc) is 2.59. The van der Waals surface area contributed by atoms with Gasteiger partial charge in [-0.25, -0.2) is 4.79 Å². The first-order valence-electron chi connectivity index (χ1n) is 8.17. The molecule has 2 N–H and O–H groups in total. The minimum absolute atomic E-state index is 0.0681. The standard InChI is InChI=1S/C20H23N3O2/c1-20(2,3)16-5-4-6-18(13-16)25-12-11-22-19(24)23-17-9-7-15(14-21)8-10-17/h4-10,13H,11-12H2,1-3H3,(H2,22,23,24). The minimum atomic E-state index is -0.309. The predicted molar refractivity (Wildman–Crippen MR) is 98.8 cm³/mol. The molecule has 2 aromatic carbocycles. The Morgan fingerprint density at radius 3 is 2.52 bits per heavy atom. The lowest BCUT2D eigenvalue weighted by Crippen LogP contribution is -2.32. The van der Waals surface area contributed by atoms with Crippen LogP contribution in [0.3, 0.4) is 0 Å². The van der Waals surface area contributed by atoms with E-state index in [0.717, 1.165) is 5.75 Å². The topological polar surface area (TPSA) is 74.2 Å². The van der Waals surface area contributed by atoms with Gasteiger partial charge in [-0.2, -0.15) is 5.26 Å². The van der Waals surface area contributed by atoms with Gasteiger partial charge in [-0.1, -0.05) is 32.9 Å². The molecule has 0 aliphatic heterocycles. The third kappa shape index (κ3) is 5.85. The highest BCUT2D eigenvalue weighted by atomic mass is 16.5. The van der Waals surface area contributed by atoms with Crippen molar-refractivity contribution in [2.24, 2.45) is 0 Å². The first-order chi connectivity index (χ1) is 11.9. The van der Waals surface area contributed by atoms with Crippen LogP contribution in [0.1, 0.15) is 31.9 Å². The van der Waals surface area contributed by atoms with E-state index in [1.165, 1.54) is 5.56 Å². The van der Waals surface area contributed by atoms with Crippen molar-refractivity contribution in [1.82, 2.24) is 5.32 Å². The molecule has 2 amide bonds. The van der Waals surface area contributed by atoms with E-state index in [-0.39, 0.29) is 11.4 Å². The number of benzene rings is 2. The second-order valence-electron chi connectivity index (χ2n) is 6.70. The zero-order valence-electron chi connectivity index (χ0n) is 14.8. The van der Waals surface area contributed by atoms with Gasteiger partial charge in [-0.05, 0) is 47.4 Å². The molecule has 0 heterocycles. The lowest BCUT2D eigenvalue weighted by atomic mass is 9.87. The largest absolute Gasteiger partial charge is 0.492 e. The molecule has 0 aliphatic rings. The summed E-state index contributed by atoms with van der Waals surface area (Å²) in [4.78, 5) is 11.8. The molecule has 0 aliphatic carbocycles. The van der Waals surface area contributed by atoms with Crippen LogP contribution in [0.4, 0.5) is 10.5 Å². The summed E-state index contributed by atoms with van der Waals surface area (Å²) < 4.78 is 5.69. The molecule has 0 fully saturated rings. The second-order valence-corrected chi connectivity index (χ2v) is 6.70. The number of carbonyl (C=O) groups excluding carboxylic acids is 1. The van der Waals surface area contributed by atoms with Crippen LogP contribution in [0.15, 0.2) is 48.5 Å². The van der Waals surface area contributed by atoms with E-state index < -0.39 is 0 Å². The molecule has 0 radical (unpaired) electrons. The van der Waals surface area contributed by atoms with Gasteiger partial charge < -0.3 is 15.4 Å². The Kier molecular flexibility index (Phi) is 6.02. The van der Waals surface area contributed by atoms with Gasteiger partial charge in [0.1, 0.15) is 12.4 Å². The summed E-state index contributed by atoms with van der Waals surface area (Å²) in [5.41, 5.74) is 2.46. The van der Waals surface area contributed by atoms with Crippen molar-refractivity contribution in [2.75, 3.05) is 18.5 Å². The maximum Gasteiger partial charge on any atom is 0.319 e. The van der Waals surface area contributed by atoms with E-state index >= 15 is 0 Å². The molecule has 2 rings (SSSR count). The molecule has 5 nitrogen and oxygen atoms in total. The van der Waals surface area contributed by atoms with Crippen LogP contribution >= 0.6 is 0 Å². The average molecular weight is 337 g/mol. The number of carbonyl (C=O) groups is 1. The smallest absolute Gasteiger partial charge is 0.319 e. The minimum Gasteiger partial charge on any atom is -0.492 e. The highest BCUT2D eigenvalue weighted by molar-refractivity contribution is 5.89. The molecule has 2 aromatic rings. The van der Waals surface area contributed by atoms with Crippen molar-refractivity contribution in [3.8, 4) is 11.8 Å². The summed E-state index contributed by atoms with van der Waals surface area (Å²) in [5.74, 6) is 0.793. The number of nitrogens with zero attached hydrogens (tertiary/aromatic N) is 1. The zero-order valence-corrected chi connectivity index (χ0v) is 14.8. The van der Waals surface area contributed by atoms with E-state index in [4.69, 9.17) is 10.00 Å². The molecule has 0 unspecified atom stereocenters. The number of ether oxygens (including phenoxy) is 1. The second kappa shape index (κ2) is 8.20. The van der Waals surface area contributed by atoms with Crippen LogP contribution in [0.2, 0.25) is 0 Å². The quantitative estimate of drug-likeness (QED) is 0.808. The molecular formula is C20H23N3O2. The summed E-state index contributed by atoms with van der Waals surface area (Å²) in [6.45, 7) is 7.24. The number of anilines is 1. The van der Waals surface area contributed by atoms with Crippen molar-refractivity contribution in [2.45, 2.75) is 26.2 Å². The van der Waals surface area contributed by atoms with Gasteiger partial charge in [0.2, 0.25) is 0 Å². The number of rotatable bonds is 5. The van der Waals surface area contributed by atoms with E-state index in [0.29, 0.717) is 24.4 Å². The fraction of sp³-hybridized carbons (Fsp3) is 0.300. The monoisotopic (exact) mass is 337 g/mol. The lowest BCUT2D eigenvalue weighted by Gasteiger charge is -2.19. The van der Waals surface area contributed by atoms with Crippen molar-refractivity contribution >= 4 is 11.7 Å². The molecule has 0 saturated heterocycles. The van der Waals surface area contributed by atoms with Crippen molar-refractivity contribution in [1.29, 1.82) is 5.26 Å². The summed E-state index contributed by atoms with van der Waals surface area (Å²) in [6, 6.07) is 16.4. The molecule has 25 heavy (non-hydrogen) atoms. The lowest BCUT2D eigenvalue weighted by molar-refractivity contribution is 0.247. The number of hydrogen-bond acceptors (Lipinski definition) is 3. The first-order valence-corrected chi connectivity index (χ1v) is 8.17. The van der Waals surface area contributed by atoms with Crippen LogP contribution in [-0.4, -0.2) is 19.2 Å². The molecule has 0 atom stereocenters. The third-order valence-corrected chi connectivity index (χ3v) is 3.63. The molecule has 130 valence electrons. The summed E-state index contributed by atoms with van der Waals surface area (Å²) in [6.07, 6.45) is 0. The van der Waals surface area contributed by atoms with Crippen LogP contribution in [0.5, 0.6) is 5.75 Å². The number of hydrogen-bond donors (Lipinski definition) is 2. The van der Waals surface area contributed by atoms with Crippen molar-refractivity contribution < 1.29 is 9.53 Å². The highest BCUT2D eigenvalue weighted by Crippen LogP contribution is 2.25. The molecule has 0 aromatic heterocycles. The number of nitrogens with one attached hydrogen (secondary N) is 2. The molecule has 0 saturated carbocycles. The Labute approximate surface area is 148 Å². The van der Waals surface area contributed by atoms with Gasteiger partial charge in [0.05, 0.1) is 18.2 Å². The van der Waals surface area contributed by atoms with Crippen LogP contribution in [0, 0.1) is 11.3 Å². The fourth-order valence-electron chi connectivity index (χ4n) is 2.19. The van der Waals surface area contributed by atoms with Gasteiger partial charge in [-0.3, -0.25) is 0 Å². The Hall–Kier alpha value is -3.00. The van der Waals surface area contributed by atoms with Crippen LogP contribution in [-0.2, 0) is 5.41 Å². The van der Waals surface area contributed by atoms with E-state index in [2.05, 4.69) is 37.5 Å². The van der Waals surface area contributed by atoms with E-state index in [1.54, 1.807) is 24.3 Å². The Bertz CT molecular complexity index is 756. The van der Waals surface area contributed by atoms with Gasteiger partial charge in [0.15, 0.2) is 0 Å². The normalized spacial score (nSPS) is 10.6. The SMILES string of the molecule is CC(C)(C)c1cccc(OCCNC(=O)Nc2ccc(C#N)cc2)c1. The molecule has 0 bridgehead atoms. The number of nitriles is 1. The van der Waals surface area contributed by atoms with Crippen molar-refractivity contribution in [3.05, 3.63) is 59.7 Å². The first kappa shape index (κ1) is 18.3. The van der Waals surface area contributed by atoms with Gasteiger partial charge in [0, 0.05) is 5.69 Å². The van der Waals surface area contributed by atoms with E-state index in [9.17, 15) is 4.79 Å². The van der Waals surface area contributed by atoms with Crippen LogP contribution in [0.25, 0.3) is 0 Å². The van der Waals surface area contributed by atoms with Gasteiger partial charge in [-0.15, -0.1) is 0 Å².